The number of oxazole rings is 1. The van der Waals surface area contributed by atoms with Gasteiger partial charge in [0.2, 0.25) is 5.89 Å². The molecule has 7 heteroatoms. The summed E-state index contributed by atoms with van der Waals surface area (Å²) < 4.78 is 24.8. The minimum atomic E-state index is -0.455. The first-order valence-corrected chi connectivity index (χ1v) is 8.48. The van der Waals surface area contributed by atoms with Crippen LogP contribution in [0.1, 0.15) is 5.89 Å². The predicted octanol–water partition coefficient (Wildman–Crippen LogP) is 1.61. The monoisotopic (exact) mass is 349 g/mol. The van der Waals surface area contributed by atoms with Gasteiger partial charge in [0.25, 0.3) is 0 Å². The van der Waals surface area contributed by atoms with E-state index in [1.807, 2.05) is 11.9 Å². The maximum Gasteiger partial charge on any atom is 0.209 e. The topological polar surface area (TPSA) is 62.0 Å². The summed E-state index contributed by atoms with van der Waals surface area (Å²) in [4.78, 5) is 8.36. The Hall–Kier alpha value is -1.80. The molecule has 136 valence electrons. The fourth-order valence-electron chi connectivity index (χ4n) is 2.96. The first kappa shape index (κ1) is 18.0. The number of benzene rings is 1. The fraction of sp³-hybridized carbons (Fsp3) is 0.500. The number of halogens is 1. The Kier molecular flexibility index (Phi) is 6.14. The molecule has 1 fully saturated rings. The molecule has 1 aliphatic rings. The van der Waals surface area contributed by atoms with Gasteiger partial charge in [-0.15, -0.1) is 0 Å². The molecule has 0 radical (unpaired) electrons. The van der Waals surface area contributed by atoms with E-state index in [1.165, 1.54) is 12.3 Å². The van der Waals surface area contributed by atoms with E-state index in [-0.39, 0.29) is 5.82 Å². The average molecular weight is 349 g/mol. The molecule has 1 saturated heterocycles. The summed E-state index contributed by atoms with van der Waals surface area (Å²) in [6, 6.07) is 6.45. The Balaban J connectivity index is 1.51. The van der Waals surface area contributed by atoms with Crippen LogP contribution < -0.4 is 0 Å². The van der Waals surface area contributed by atoms with Crippen LogP contribution in [0.2, 0.25) is 0 Å². The molecule has 2 heterocycles. The average Bonchev–Trinajstić information content (AvgIpc) is 3.04. The molecule has 1 unspecified atom stereocenters. The second-order valence-electron chi connectivity index (χ2n) is 6.36. The fourth-order valence-corrected chi connectivity index (χ4v) is 2.96. The highest BCUT2D eigenvalue weighted by atomic mass is 19.1. The molecule has 0 spiro atoms. The molecule has 25 heavy (non-hydrogen) atoms. The number of hydrogen-bond donors (Lipinski definition) is 1. The van der Waals surface area contributed by atoms with Crippen LogP contribution in [0, 0.1) is 5.82 Å². The lowest BCUT2D eigenvalue weighted by Crippen LogP contribution is -2.43. The molecule has 1 atom stereocenters. The van der Waals surface area contributed by atoms with E-state index < -0.39 is 6.10 Å². The summed E-state index contributed by atoms with van der Waals surface area (Å²) in [7, 11) is 1.90. The maximum absolute atomic E-state index is 13.8. The first-order chi connectivity index (χ1) is 12.1. The van der Waals surface area contributed by atoms with Crippen LogP contribution >= 0.6 is 0 Å². The molecule has 0 amide bonds. The molecule has 1 aromatic carbocycles. The Labute approximate surface area is 146 Å². The second kappa shape index (κ2) is 8.53. The van der Waals surface area contributed by atoms with Gasteiger partial charge < -0.3 is 14.3 Å². The van der Waals surface area contributed by atoms with E-state index in [1.54, 1.807) is 18.2 Å². The van der Waals surface area contributed by atoms with Crippen LogP contribution in [-0.4, -0.2) is 72.4 Å². The lowest BCUT2D eigenvalue weighted by atomic mass is 10.2. The zero-order valence-corrected chi connectivity index (χ0v) is 14.4. The van der Waals surface area contributed by atoms with E-state index in [9.17, 15) is 9.50 Å². The molecular weight excluding hydrogens is 325 g/mol. The number of aliphatic hydroxyl groups excluding tert-OH is 1. The van der Waals surface area contributed by atoms with Crippen molar-refractivity contribution in [3.63, 3.8) is 0 Å². The maximum atomic E-state index is 13.8. The summed E-state index contributed by atoms with van der Waals surface area (Å²) in [5, 5.41) is 10.2. The van der Waals surface area contributed by atoms with Crippen LogP contribution in [0.15, 0.2) is 34.9 Å². The molecule has 1 aromatic heterocycles. The first-order valence-electron chi connectivity index (χ1n) is 8.48. The van der Waals surface area contributed by atoms with Crippen molar-refractivity contribution in [1.29, 1.82) is 0 Å². The van der Waals surface area contributed by atoms with Gasteiger partial charge in [-0.1, -0.05) is 12.1 Å². The van der Waals surface area contributed by atoms with Crippen molar-refractivity contribution in [3.8, 4) is 11.3 Å². The van der Waals surface area contributed by atoms with Crippen molar-refractivity contribution in [2.45, 2.75) is 12.6 Å². The van der Waals surface area contributed by atoms with Gasteiger partial charge in [0.1, 0.15) is 5.82 Å². The van der Waals surface area contributed by atoms with E-state index in [0.717, 1.165) is 26.3 Å². The van der Waals surface area contributed by atoms with Crippen LogP contribution in [-0.2, 0) is 11.3 Å². The van der Waals surface area contributed by atoms with Crippen LogP contribution in [0.5, 0.6) is 0 Å². The number of aliphatic hydroxyl groups is 1. The Morgan fingerprint density at radius 3 is 2.84 bits per heavy atom. The minimum Gasteiger partial charge on any atom is -0.439 e. The number of rotatable bonds is 7. The standard InChI is InChI=1S/C18H24FN3O3/c1-21(11-14(23)12-22-6-8-24-9-7-22)13-18-20-10-17(25-18)15-4-2-3-5-16(15)19/h2-5,10,14,23H,6-9,11-13H2,1H3. The third-order valence-corrected chi connectivity index (χ3v) is 4.19. The molecule has 0 saturated carbocycles. The van der Waals surface area contributed by atoms with Gasteiger partial charge in [0.15, 0.2) is 5.76 Å². The van der Waals surface area contributed by atoms with Gasteiger partial charge in [-0.3, -0.25) is 9.80 Å². The third-order valence-electron chi connectivity index (χ3n) is 4.19. The molecule has 1 N–H and O–H groups in total. The van der Waals surface area contributed by atoms with Crippen LogP contribution in [0.4, 0.5) is 4.39 Å². The molecule has 6 nitrogen and oxygen atoms in total. The number of nitrogens with zero attached hydrogens (tertiary/aromatic N) is 3. The van der Waals surface area contributed by atoms with Crippen molar-refractivity contribution in [2.24, 2.45) is 0 Å². The lowest BCUT2D eigenvalue weighted by Gasteiger charge is -2.29. The Morgan fingerprint density at radius 2 is 2.08 bits per heavy atom. The summed E-state index contributed by atoms with van der Waals surface area (Å²) in [6.07, 6.45) is 1.08. The number of β-amino-alcohol motifs (C(OH)–C–C–N with tert-alkyl or cyclic N) is 1. The van der Waals surface area contributed by atoms with Gasteiger partial charge in [-0.2, -0.15) is 0 Å². The predicted molar refractivity (Wildman–Crippen MR) is 91.5 cm³/mol. The van der Waals surface area contributed by atoms with E-state index >= 15 is 0 Å². The summed E-state index contributed by atoms with van der Waals surface area (Å²) in [6.45, 7) is 4.73. The van der Waals surface area contributed by atoms with Gasteiger partial charge in [0, 0.05) is 26.2 Å². The molecule has 0 aliphatic carbocycles. The van der Waals surface area contributed by atoms with Crippen molar-refractivity contribution >= 4 is 0 Å². The number of morpholine rings is 1. The quantitative estimate of drug-likeness (QED) is 0.819. The summed E-state index contributed by atoms with van der Waals surface area (Å²) in [5.74, 6) is 0.578. The zero-order valence-electron chi connectivity index (χ0n) is 14.4. The SMILES string of the molecule is CN(Cc1ncc(-c2ccccc2F)o1)CC(O)CN1CCOCC1. The number of aromatic nitrogens is 1. The summed E-state index contributed by atoms with van der Waals surface area (Å²) >= 11 is 0. The highest BCUT2D eigenvalue weighted by Crippen LogP contribution is 2.23. The Morgan fingerprint density at radius 1 is 1.32 bits per heavy atom. The van der Waals surface area contributed by atoms with Crippen molar-refractivity contribution < 1.29 is 18.7 Å². The van der Waals surface area contributed by atoms with E-state index in [0.29, 0.717) is 36.8 Å². The number of likely N-dealkylation sites (N-methyl/N-ethyl adjacent to an activating group) is 1. The van der Waals surface area contributed by atoms with Crippen molar-refractivity contribution in [2.75, 3.05) is 46.4 Å². The van der Waals surface area contributed by atoms with E-state index in [2.05, 4.69) is 9.88 Å². The van der Waals surface area contributed by atoms with Gasteiger partial charge in [-0.25, -0.2) is 9.37 Å². The van der Waals surface area contributed by atoms with Gasteiger partial charge >= 0.3 is 0 Å². The normalized spacial score (nSPS) is 17.1. The highest BCUT2D eigenvalue weighted by Gasteiger charge is 2.17. The molecule has 3 rings (SSSR count). The van der Waals surface area contributed by atoms with Gasteiger partial charge in [-0.05, 0) is 19.2 Å². The van der Waals surface area contributed by atoms with Crippen LogP contribution in [0.3, 0.4) is 0 Å². The molecule has 1 aliphatic heterocycles. The smallest absolute Gasteiger partial charge is 0.209 e. The number of ether oxygens (including phenoxy) is 1. The van der Waals surface area contributed by atoms with Crippen molar-refractivity contribution in [1.82, 2.24) is 14.8 Å². The zero-order chi connectivity index (χ0) is 17.6. The lowest BCUT2D eigenvalue weighted by molar-refractivity contribution is 0.00784. The van der Waals surface area contributed by atoms with E-state index in [4.69, 9.17) is 9.15 Å². The highest BCUT2D eigenvalue weighted by molar-refractivity contribution is 5.56. The third kappa shape index (κ3) is 5.09. The number of hydrogen-bond acceptors (Lipinski definition) is 6. The van der Waals surface area contributed by atoms with Gasteiger partial charge in [0.05, 0.1) is 37.6 Å². The molecule has 2 aromatic rings. The second-order valence-corrected chi connectivity index (χ2v) is 6.36. The molecular formula is C18H24FN3O3. The van der Waals surface area contributed by atoms with Crippen molar-refractivity contribution in [3.05, 3.63) is 42.2 Å². The summed E-state index contributed by atoms with van der Waals surface area (Å²) in [5.41, 5.74) is 0.399. The largest absolute Gasteiger partial charge is 0.439 e. The molecule has 0 bridgehead atoms. The Bertz CT molecular complexity index is 673. The van der Waals surface area contributed by atoms with Crippen LogP contribution in [0.25, 0.3) is 11.3 Å². The minimum absolute atomic E-state index is 0.334.